The Morgan fingerprint density at radius 2 is 2.00 bits per heavy atom. The molecule has 100 valence electrons. The number of aryl methyl sites for hydroxylation is 2. The standard InChI is InChI=1S/C16H25NO/c1-11-4-6-14(10-17)16(8-11)18-15-7-5-12(2)13(3)9-15/h5,7,9,11,14,16H,4,6,8,10,17H2,1-3H3. The van der Waals surface area contributed by atoms with E-state index in [2.05, 4.69) is 39.0 Å². The molecule has 0 amide bonds. The van der Waals surface area contributed by atoms with Crippen LogP contribution in [0.1, 0.15) is 37.3 Å². The van der Waals surface area contributed by atoms with Crippen LogP contribution in [0.3, 0.4) is 0 Å². The first-order valence-electron chi connectivity index (χ1n) is 7.04. The van der Waals surface area contributed by atoms with Crippen molar-refractivity contribution in [1.29, 1.82) is 0 Å². The molecule has 0 aromatic heterocycles. The van der Waals surface area contributed by atoms with Crippen LogP contribution in [0.2, 0.25) is 0 Å². The quantitative estimate of drug-likeness (QED) is 0.888. The van der Waals surface area contributed by atoms with Crippen molar-refractivity contribution in [3.63, 3.8) is 0 Å². The van der Waals surface area contributed by atoms with Gasteiger partial charge in [0.25, 0.3) is 0 Å². The highest BCUT2D eigenvalue weighted by Gasteiger charge is 2.29. The second kappa shape index (κ2) is 5.75. The third-order valence-electron chi connectivity index (χ3n) is 4.26. The van der Waals surface area contributed by atoms with Crippen molar-refractivity contribution >= 4 is 0 Å². The van der Waals surface area contributed by atoms with Gasteiger partial charge in [-0.05, 0) is 62.4 Å². The fourth-order valence-corrected chi connectivity index (χ4v) is 2.77. The fraction of sp³-hybridized carbons (Fsp3) is 0.625. The van der Waals surface area contributed by atoms with Gasteiger partial charge in [-0.3, -0.25) is 0 Å². The zero-order valence-electron chi connectivity index (χ0n) is 11.8. The Hall–Kier alpha value is -1.02. The summed E-state index contributed by atoms with van der Waals surface area (Å²) in [7, 11) is 0. The lowest BCUT2D eigenvalue weighted by molar-refractivity contribution is 0.0741. The molecule has 18 heavy (non-hydrogen) atoms. The monoisotopic (exact) mass is 247 g/mol. The van der Waals surface area contributed by atoms with Gasteiger partial charge in [-0.2, -0.15) is 0 Å². The zero-order valence-corrected chi connectivity index (χ0v) is 11.8. The predicted octanol–water partition coefficient (Wildman–Crippen LogP) is 3.45. The number of rotatable bonds is 3. The van der Waals surface area contributed by atoms with Gasteiger partial charge in [-0.25, -0.2) is 0 Å². The molecule has 3 atom stereocenters. The average molecular weight is 247 g/mol. The summed E-state index contributed by atoms with van der Waals surface area (Å²) < 4.78 is 6.19. The number of hydrogen-bond donors (Lipinski definition) is 1. The second-order valence-corrected chi connectivity index (χ2v) is 5.82. The highest BCUT2D eigenvalue weighted by atomic mass is 16.5. The molecule has 1 aromatic rings. The zero-order chi connectivity index (χ0) is 13.1. The molecule has 1 aliphatic rings. The molecule has 3 unspecified atom stereocenters. The van der Waals surface area contributed by atoms with Gasteiger partial charge in [-0.1, -0.05) is 19.4 Å². The van der Waals surface area contributed by atoms with Crippen LogP contribution in [0.25, 0.3) is 0 Å². The lowest BCUT2D eigenvalue weighted by Crippen LogP contribution is -2.37. The molecule has 0 spiro atoms. The summed E-state index contributed by atoms with van der Waals surface area (Å²) in [6.07, 6.45) is 3.91. The van der Waals surface area contributed by atoms with Gasteiger partial charge >= 0.3 is 0 Å². The van der Waals surface area contributed by atoms with E-state index in [0.717, 1.165) is 24.6 Å². The first-order valence-corrected chi connectivity index (χ1v) is 7.04. The lowest BCUT2D eigenvalue weighted by atomic mass is 9.80. The van der Waals surface area contributed by atoms with Gasteiger partial charge in [0.15, 0.2) is 0 Å². The van der Waals surface area contributed by atoms with Crippen molar-refractivity contribution in [2.24, 2.45) is 17.6 Å². The number of benzene rings is 1. The average Bonchev–Trinajstić information content (AvgIpc) is 2.34. The molecule has 1 fully saturated rings. The van der Waals surface area contributed by atoms with Crippen LogP contribution >= 0.6 is 0 Å². The van der Waals surface area contributed by atoms with E-state index in [1.165, 1.54) is 24.0 Å². The molecule has 1 saturated carbocycles. The normalized spacial score (nSPS) is 28.1. The molecular formula is C16H25NO. The molecule has 2 N–H and O–H groups in total. The van der Waals surface area contributed by atoms with Crippen LogP contribution in [-0.2, 0) is 0 Å². The van der Waals surface area contributed by atoms with E-state index >= 15 is 0 Å². The van der Waals surface area contributed by atoms with Crippen LogP contribution in [0.15, 0.2) is 18.2 Å². The SMILES string of the molecule is Cc1ccc(OC2CC(C)CCC2CN)cc1C. The van der Waals surface area contributed by atoms with Gasteiger partial charge in [0.2, 0.25) is 0 Å². The van der Waals surface area contributed by atoms with Crippen LogP contribution in [0, 0.1) is 25.7 Å². The Morgan fingerprint density at radius 3 is 2.67 bits per heavy atom. The van der Waals surface area contributed by atoms with Crippen molar-refractivity contribution in [1.82, 2.24) is 0 Å². The van der Waals surface area contributed by atoms with Gasteiger partial charge in [-0.15, -0.1) is 0 Å². The third-order valence-corrected chi connectivity index (χ3v) is 4.26. The lowest BCUT2D eigenvalue weighted by Gasteiger charge is -2.34. The second-order valence-electron chi connectivity index (χ2n) is 5.82. The number of nitrogens with two attached hydrogens (primary N) is 1. The molecule has 0 heterocycles. The number of hydrogen-bond acceptors (Lipinski definition) is 2. The first kappa shape index (κ1) is 13.4. The molecule has 2 nitrogen and oxygen atoms in total. The topological polar surface area (TPSA) is 35.2 Å². The third kappa shape index (κ3) is 3.05. The van der Waals surface area contributed by atoms with E-state index in [-0.39, 0.29) is 0 Å². The Balaban J connectivity index is 2.08. The van der Waals surface area contributed by atoms with Crippen molar-refractivity contribution in [3.05, 3.63) is 29.3 Å². The van der Waals surface area contributed by atoms with Crippen LogP contribution in [0.5, 0.6) is 5.75 Å². The van der Waals surface area contributed by atoms with E-state index in [1.807, 2.05) is 0 Å². The molecule has 0 aliphatic heterocycles. The highest BCUT2D eigenvalue weighted by molar-refractivity contribution is 5.34. The predicted molar refractivity (Wildman–Crippen MR) is 75.9 cm³/mol. The maximum Gasteiger partial charge on any atom is 0.120 e. The van der Waals surface area contributed by atoms with Crippen LogP contribution in [-0.4, -0.2) is 12.6 Å². The van der Waals surface area contributed by atoms with Crippen LogP contribution < -0.4 is 10.5 Å². The number of ether oxygens (including phenoxy) is 1. The van der Waals surface area contributed by atoms with E-state index in [1.54, 1.807) is 0 Å². The summed E-state index contributed by atoms with van der Waals surface area (Å²) in [5.41, 5.74) is 8.47. The summed E-state index contributed by atoms with van der Waals surface area (Å²) in [4.78, 5) is 0. The summed E-state index contributed by atoms with van der Waals surface area (Å²) in [6, 6.07) is 6.35. The minimum absolute atomic E-state index is 0.292. The minimum atomic E-state index is 0.292. The molecule has 2 rings (SSSR count). The minimum Gasteiger partial charge on any atom is -0.490 e. The summed E-state index contributed by atoms with van der Waals surface area (Å²) in [6.45, 7) is 7.31. The van der Waals surface area contributed by atoms with E-state index in [4.69, 9.17) is 10.5 Å². The van der Waals surface area contributed by atoms with Gasteiger partial charge in [0, 0.05) is 5.92 Å². The Morgan fingerprint density at radius 1 is 1.22 bits per heavy atom. The van der Waals surface area contributed by atoms with E-state index in [9.17, 15) is 0 Å². The molecule has 1 aromatic carbocycles. The molecule has 0 radical (unpaired) electrons. The van der Waals surface area contributed by atoms with Gasteiger partial charge in [0.1, 0.15) is 11.9 Å². The Bertz CT molecular complexity index is 402. The van der Waals surface area contributed by atoms with Crippen molar-refractivity contribution < 1.29 is 4.74 Å². The fourth-order valence-electron chi connectivity index (χ4n) is 2.77. The van der Waals surface area contributed by atoms with Crippen LogP contribution in [0.4, 0.5) is 0 Å². The van der Waals surface area contributed by atoms with E-state index < -0.39 is 0 Å². The van der Waals surface area contributed by atoms with E-state index in [0.29, 0.717) is 12.0 Å². The van der Waals surface area contributed by atoms with Crippen molar-refractivity contribution in [2.75, 3.05) is 6.54 Å². The van der Waals surface area contributed by atoms with Gasteiger partial charge in [0.05, 0.1) is 0 Å². The Labute approximate surface area is 111 Å². The maximum absolute atomic E-state index is 6.19. The molecule has 0 bridgehead atoms. The largest absolute Gasteiger partial charge is 0.490 e. The smallest absolute Gasteiger partial charge is 0.120 e. The highest BCUT2D eigenvalue weighted by Crippen LogP contribution is 2.31. The molecule has 1 aliphatic carbocycles. The summed E-state index contributed by atoms with van der Waals surface area (Å²) in [5, 5.41) is 0. The van der Waals surface area contributed by atoms with Crippen molar-refractivity contribution in [3.8, 4) is 5.75 Å². The Kier molecular flexibility index (Phi) is 4.28. The van der Waals surface area contributed by atoms with Crippen molar-refractivity contribution in [2.45, 2.75) is 46.1 Å². The van der Waals surface area contributed by atoms with Gasteiger partial charge < -0.3 is 10.5 Å². The maximum atomic E-state index is 6.19. The summed E-state index contributed by atoms with van der Waals surface area (Å²) in [5.74, 6) is 2.27. The molecule has 0 saturated heterocycles. The molecule has 2 heteroatoms. The first-order chi connectivity index (χ1) is 8.60. The summed E-state index contributed by atoms with van der Waals surface area (Å²) >= 11 is 0. The molecular weight excluding hydrogens is 222 g/mol.